The molecule has 0 heterocycles. The second-order valence-corrected chi connectivity index (χ2v) is 4.47. The summed E-state index contributed by atoms with van der Waals surface area (Å²) in [5.74, 6) is 0.884. The Morgan fingerprint density at radius 2 is 1.89 bits per heavy atom. The van der Waals surface area contributed by atoms with Gasteiger partial charge in [0, 0.05) is 6.04 Å². The van der Waals surface area contributed by atoms with Gasteiger partial charge in [-0.05, 0) is 54.5 Å². The van der Waals surface area contributed by atoms with E-state index >= 15 is 0 Å². The molecule has 0 saturated heterocycles. The number of hydrogen-bond acceptors (Lipinski definition) is 3. The molecule has 0 spiro atoms. The highest BCUT2D eigenvalue weighted by Gasteiger charge is 2.06. The van der Waals surface area contributed by atoms with Crippen molar-refractivity contribution in [3.8, 4) is 5.75 Å². The van der Waals surface area contributed by atoms with Crippen LogP contribution < -0.4 is 15.8 Å². The highest BCUT2D eigenvalue weighted by Crippen LogP contribution is 2.24. The number of ether oxygens (including phenoxy) is 1. The molecule has 2 rings (SSSR count). The van der Waals surface area contributed by atoms with Gasteiger partial charge in [-0.25, -0.2) is 0 Å². The molecule has 0 bridgehead atoms. The van der Waals surface area contributed by atoms with Crippen LogP contribution in [0.5, 0.6) is 5.75 Å². The number of nitrogens with one attached hydrogen (secondary N) is 1. The summed E-state index contributed by atoms with van der Waals surface area (Å²) in [6.45, 7) is 0.932. The van der Waals surface area contributed by atoms with Crippen LogP contribution >= 0.6 is 0 Å². The van der Waals surface area contributed by atoms with Crippen LogP contribution in [0.4, 0.5) is 0 Å². The first-order valence-electron chi connectivity index (χ1n) is 6.22. The first-order chi connectivity index (χ1) is 8.74. The second-order valence-electron chi connectivity index (χ2n) is 4.47. The molecule has 0 saturated carbocycles. The van der Waals surface area contributed by atoms with Crippen LogP contribution in [0, 0.1) is 0 Å². The summed E-state index contributed by atoms with van der Waals surface area (Å²) in [6.07, 6.45) is 0.943. The fourth-order valence-corrected chi connectivity index (χ4v) is 2.07. The molecule has 1 atom stereocenters. The first kappa shape index (κ1) is 12.9. The molecule has 0 amide bonds. The maximum absolute atomic E-state index is 6.16. The van der Waals surface area contributed by atoms with Gasteiger partial charge in [0.2, 0.25) is 0 Å². The lowest BCUT2D eigenvalue weighted by atomic mass is 10.0. The monoisotopic (exact) mass is 244 g/mol. The molecule has 96 valence electrons. The van der Waals surface area contributed by atoms with Gasteiger partial charge < -0.3 is 15.8 Å². The third kappa shape index (κ3) is 2.81. The van der Waals surface area contributed by atoms with Crippen molar-refractivity contribution in [1.29, 1.82) is 0 Å². The van der Waals surface area contributed by atoms with E-state index in [-0.39, 0.29) is 6.04 Å². The van der Waals surface area contributed by atoms with E-state index < -0.39 is 0 Å². The summed E-state index contributed by atoms with van der Waals surface area (Å²) in [4.78, 5) is 0. The molecule has 0 aliphatic rings. The maximum atomic E-state index is 6.16. The number of nitrogens with two attached hydrogens (primary N) is 1. The molecule has 0 aliphatic carbocycles. The molecule has 0 aromatic heterocycles. The zero-order valence-electron chi connectivity index (χ0n) is 10.9. The lowest BCUT2D eigenvalue weighted by molar-refractivity contribution is 0.415. The summed E-state index contributed by atoms with van der Waals surface area (Å²) >= 11 is 0. The minimum Gasteiger partial charge on any atom is -0.497 e. The summed E-state index contributed by atoms with van der Waals surface area (Å²) < 4.78 is 5.22. The summed E-state index contributed by atoms with van der Waals surface area (Å²) in [5.41, 5.74) is 7.35. The van der Waals surface area contributed by atoms with Crippen molar-refractivity contribution in [3.63, 3.8) is 0 Å². The van der Waals surface area contributed by atoms with Crippen LogP contribution in [0.2, 0.25) is 0 Å². The van der Waals surface area contributed by atoms with E-state index in [4.69, 9.17) is 10.5 Å². The van der Waals surface area contributed by atoms with Crippen LogP contribution in [-0.2, 0) is 0 Å². The number of rotatable bonds is 5. The van der Waals surface area contributed by atoms with Crippen LogP contribution in [0.15, 0.2) is 36.4 Å². The van der Waals surface area contributed by atoms with Crippen molar-refractivity contribution in [2.24, 2.45) is 5.73 Å². The van der Waals surface area contributed by atoms with Crippen molar-refractivity contribution in [1.82, 2.24) is 5.32 Å². The zero-order valence-corrected chi connectivity index (χ0v) is 10.9. The van der Waals surface area contributed by atoms with E-state index in [0.29, 0.717) is 0 Å². The largest absolute Gasteiger partial charge is 0.497 e. The Hall–Kier alpha value is -1.58. The van der Waals surface area contributed by atoms with Gasteiger partial charge in [0.05, 0.1) is 7.11 Å². The Labute approximate surface area is 108 Å². The third-order valence-corrected chi connectivity index (χ3v) is 3.20. The predicted molar refractivity (Wildman–Crippen MR) is 76.0 cm³/mol. The Balaban J connectivity index is 2.27. The fourth-order valence-electron chi connectivity index (χ4n) is 2.07. The van der Waals surface area contributed by atoms with Crippen molar-refractivity contribution >= 4 is 10.8 Å². The summed E-state index contributed by atoms with van der Waals surface area (Å²) in [5, 5.41) is 5.51. The lowest BCUT2D eigenvalue weighted by Gasteiger charge is -2.13. The van der Waals surface area contributed by atoms with E-state index in [2.05, 4.69) is 29.6 Å². The highest BCUT2D eigenvalue weighted by molar-refractivity contribution is 5.84. The third-order valence-electron chi connectivity index (χ3n) is 3.20. The van der Waals surface area contributed by atoms with Gasteiger partial charge >= 0.3 is 0 Å². The van der Waals surface area contributed by atoms with E-state index in [1.54, 1.807) is 7.11 Å². The molecule has 2 aromatic rings. The number of methoxy groups -OCH3 is 1. The predicted octanol–water partition coefficient (Wildman–Crippen LogP) is 2.46. The van der Waals surface area contributed by atoms with Crippen molar-refractivity contribution < 1.29 is 4.74 Å². The van der Waals surface area contributed by atoms with Crippen LogP contribution in [-0.4, -0.2) is 20.7 Å². The molecule has 3 nitrogen and oxygen atoms in total. The molecule has 2 aromatic carbocycles. The second kappa shape index (κ2) is 5.85. The topological polar surface area (TPSA) is 47.3 Å². The van der Waals surface area contributed by atoms with Gasteiger partial charge in [-0.2, -0.15) is 0 Å². The molecule has 18 heavy (non-hydrogen) atoms. The quantitative estimate of drug-likeness (QED) is 0.849. The normalized spacial score (nSPS) is 12.6. The summed E-state index contributed by atoms with van der Waals surface area (Å²) in [7, 11) is 3.63. The van der Waals surface area contributed by atoms with Gasteiger partial charge in [-0.3, -0.25) is 0 Å². The molecular weight excluding hydrogens is 224 g/mol. The minimum absolute atomic E-state index is 0.0870. The Kier molecular flexibility index (Phi) is 4.18. The first-order valence-corrected chi connectivity index (χ1v) is 6.22. The van der Waals surface area contributed by atoms with Gasteiger partial charge in [0.15, 0.2) is 0 Å². The SMILES string of the molecule is CNCCC(N)c1ccc2cc(OC)ccc2c1. The van der Waals surface area contributed by atoms with E-state index in [1.807, 2.05) is 19.2 Å². The minimum atomic E-state index is 0.0870. The lowest BCUT2D eigenvalue weighted by Crippen LogP contribution is -2.17. The molecule has 3 heteroatoms. The number of benzene rings is 2. The zero-order chi connectivity index (χ0) is 13.0. The van der Waals surface area contributed by atoms with E-state index in [9.17, 15) is 0 Å². The summed E-state index contributed by atoms with van der Waals surface area (Å²) in [6, 6.07) is 12.5. The molecule has 3 N–H and O–H groups in total. The van der Waals surface area contributed by atoms with Crippen LogP contribution in [0.25, 0.3) is 10.8 Å². The molecule has 0 fully saturated rings. The van der Waals surface area contributed by atoms with E-state index in [1.165, 1.54) is 16.3 Å². The molecule has 0 aliphatic heterocycles. The molecule has 1 unspecified atom stereocenters. The van der Waals surface area contributed by atoms with Gasteiger partial charge in [0.25, 0.3) is 0 Å². The van der Waals surface area contributed by atoms with Gasteiger partial charge in [-0.1, -0.05) is 18.2 Å². The Morgan fingerprint density at radius 1 is 1.17 bits per heavy atom. The Morgan fingerprint density at radius 3 is 2.61 bits per heavy atom. The van der Waals surface area contributed by atoms with Gasteiger partial charge in [0.1, 0.15) is 5.75 Å². The molecule has 0 radical (unpaired) electrons. The average molecular weight is 244 g/mol. The standard InChI is InChI=1S/C15H20N2O/c1-17-8-7-15(16)13-4-3-12-10-14(18-2)6-5-11(12)9-13/h3-6,9-10,15,17H,7-8,16H2,1-2H3. The maximum Gasteiger partial charge on any atom is 0.119 e. The molecular formula is C15H20N2O. The fraction of sp³-hybridized carbons (Fsp3) is 0.333. The smallest absolute Gasteiger partial charge is 0.119 e. The average Bonchev–Trinajstić information content (AvgIpc) is 2.43. The number of fused-ring (bicyclic) bond motifs is 1. The van der Waals surface area contributed by atoms with Crippen molar-refractivity contribution in [2.75, 3.05) is 20.7 Å². The van der Waals surface area contributed by atoms with Crippen molar-refractivity contribution in [3.05, 3.63) is 42.0 Å². The number of hydrogen-bond donors (Lipinski definition) is 2. The van der Waals surface area contributed by atoms with Crippen LogP contribution in [0.3, 0.4) is 0 Å². The van der Waals surface area contributed by atoms with E-state index in [0.717, 1.165) is 18.7 Å². The van der Waals surface area contributed by atoms with Gasteiger partial charge in [-0.15, -0.1) is 0 Å². The Bertz CT molecular complexity index is 525. The van der Waals surface area contributed by atoms with Crippen LogP contribution in [0.1, 0.15) is 18.0 Å². The highest BCUT2D eigenvalue weighted by atomic mass is 16.5. The van der Waals surface area contributed by atoms with Crippen molar-refractivity contribution in [2.45, 2.75) is 12.5 Å².